The van der Waals surface area contributed by atoms with Gasteiger partial charge in [-0.05, 0) is 94.8 Å². The average Bonchev–Trinajstić information content (AvgIpc) is 3.56. The van der Waals surface area contributed by atoms with E-state index in [0.717, 1.165) is 25.7 Å². The van der Waals surface area contributed by atoms with Crippen molar-refractivity contribution in [2.75, 3.05) is 0 Å². The van der Waals surface area contributed by atoms with Crippen molar-refractivity contribution in [3.8, 4) is 0 Å². The highest BCUT2D eigenvalue weighted by Gasteiger charge is 2.45. The number of aryl methyl sites for hydroxylation is 1. The Hall–Kier alpha value is -2.59. The molecule has 3 aliphatic rings. The zero-order valence-corrected chi connectivity index (χ0v) is 24.5. The fourth-order valence-electron chi connectivity index (χ4n) is 7.28. The third-order valence-electron chi connectivity index (χ3n) is 9.76. The summed E-state index contributed by atoms with van der Waals surface area (Å²) in [6.07, 6.45) is 5.20. The van der Waals surface area contributed by atoms with Crippen LogP contribution in [-0.2, 0) is 24.6 Å². The molecule has 6 unspecified atom stereocenters. The third-order valence-corrected chi connectivity index (χ3v) is 9.76. The lowest BCUT2D eigenvalue weighted by Crippen LogP contribution is -2.48. The summed E-state index contributed by atoms with van der Waals surface area (Å²) in [6.45, 7) is 6.00. The van der Waals surface area contributed by atoms with E-state index in [1.807, 2.05) is 13.1 Å². The smallest absolute Gasteiger partial charge is 0.353 e. The minimum absolute atomic E-state index is 0.00551. The molecule has 0 bridgehead atoms. The van der Waals surface area contributed by atoms with Gasteiger partial charge in [0.25, 0.3) is 0 Å². The number of rotatable bonds is 8. The van der Waals surface area contributed by atoms with E-state index in [9.17, 15) is 22.4 Å². The lowest BCUT2D eigenvalue weighted by molar-refractivity contribution is -0.142. The molecule has 2 heterocycles. The summed E-state index contributed by atoms with van der Waals surface area (Å²) < 4.78 is 61.5. The van der Waals surface area contributed by atoms with Gasteiger partial charge in [0.05, 0.1) is 0 Å². The Bertz CT molecular complexity index is 1270. The average molecular weight is 581 g/mol. The number of nitrogens with one attached hydrogen (secondary N) is 2. The van der Waals surface area contributed by atoms with Gasteiger partial charge in [-0.3, -0.25) is 14.9 Å². The number of imidazole rings is 1. The first-order chi connectivity index (χ1) is 19.3. The summed E-state index contributed by atoms with van der Waals surface area (Å²) in [5.74, 6) is -0.503. The predicted molar refractivity (Wildman–Crippen MR) is 146 cm³/mol. The van der Waals surface area contributed by atoms with Crippen molar-refractivity contribution < 1.29 is 22.4 Å². The number of hydrogen-bond donors (Lipinski definition) is 2. The number of halogens is 4. The number of hydrogen-bond acceptors (Lipinski definition) is 3. The number of nitrogens with zero attached hydrogens (tertiary/aromatic N) is 4. The topological polar surface area (TPSA) is 80.6 Å². The lowest BCUT2D eigenvalue weighted by atomic mass is 9.71. The van der Waals surface area contributed by atoms with E-state index >= 15 is 0 Å². The highest BCUT2D eigenvalue weighted by Crippen LogP contribution is 2.46. The van der Waals surface area contributed by atoms with E-state index in [1.165, 1.54) is 10.9 Å². The zero-order chi connectivity index (χ0) is 29.6. The Kier molecular flexibility index (Phi) is 8.45. The van der Waals surface area contributed by atoms with Crippen molar-refractivity contribution in [3.05, 3.63) is 35.5 Å². The van der Waals surface area contributed by atoms with Crippen molar-refractivity contribution in [2.24, 2.45) is 36.6 Å². The summed E-state index contributed by atoms with van der Waals surface area (Å²) in [5.41, 5.74) is -0.396. The number of carbonyl (C=O) groups is 1. The van der Waals surface area contributed by atoms with Gasteiger partial charge in [-0.2, -0.15) is 18.3 Å². The van der Waals surface area contributed by atoms with Crippen molar-refractivity contribution >= 4 is 5.91 Å². The van der Waals surface area contributed by atoms with Gasteiger partial charge in [-0.1, -0.05) is 6.92 Å². The van der Waals surface area contributed by atoms with Gasteiger partial charge in [0, 0.05) is 55.7 Å². The minimum Gasteiger partial charge on any atom is -0.353 e. The summed E-state index contributed by atoms with van der Waals surface area (Å²) in [6, 6.07) is -0.232. The molecule has 2 N–H and O–H groups in total. The Balaban J connectivity index is 1.41. The molecule has 0 saturated heterocycles. The van der Waals surface area contributed by atoms with Crippen LogP contribution in [0.1, 0.15) is 95.4 Å². The Morgan fingerprint density at radius 1 is 1.10 bits per heavy atom. The van der Waals surface area contributed by atoms with Crippen molar-refractivity contribution in [1.29, 1.82) is 5.41 Å². The molecule has 3 aliphatic carbocycles. The summed E-state index contributed by atoms with van der Waals surface area (Å²) in [4.78, 5) is 13.9. The number of carbonyl (C=O) groups excluding carboxylic acids is 1. The first-order valence-electron chi connectivity index (χ1n) is 15.2. The van der Waals surface area contributed by atoms with Crippen LogP contribution in [0.15, 0.2) is 18.6 Å². The molecule has 1 amide bonds. The van der Waals surface area contributed by atoms with E-state index in [0.29, 0.717) is 43.8 Å². The van der Waals surface area contributed by atoms with Gasteiger partial charge < -0.3 is 14.5 Å². The minimum atomic E-state index is -4.59. The molecule has 5 rings (SSSR count). The monoisotopic (exact) mass is 580 g/mol. The normalized spacial score (nSPS) is 30.0. The van der Waals surface area contributed by atoms with Crippen LogP contribution in [0, 0.1) is 35.0 Å². The van der Waals surface area contributed by atoms with Crippen LogP contribution >= 0.6 is 0 Å². The highest BCUT2D eigenvalue weighted by molar-refractivity contribution is 5.79. The maximum Gasteiger partial charge on any atom is 0.435 e. The van der Waals surface area contributed by atoms with Crippen LogP contribution in [0.4, 0.5) is 17.6 Å². The molecule has 7 nitrogen and oxygen atoms in total. The molecule has 228 valence electrons. The number of amides is 1. The molecule has 0 spiro atoms. The molecule has 2 aromatic heterocycles. The van der Waals surface area contributed by atoms with Crippen molar-refractivity contribution in [3.63, 3.8) is 0 Å². The Morgan fingerprint density at radius 2 is 1.80 bits per heavy atom. The summed E-state index contributed by atoms with van der Waals surface area (Å²) in [7, 11) is 1.78. The third kappa shape index (κ3) is 6.58. The SMILES string of the molecule is CC1CC([C@@H](NC(=O)C2CC(Cn3ccn(C)c3=N)CC(c3cn(C(C)C)nc3C(F)(F)F)C2)C2CC2)CCC1F. The predicted octanol–water partition coefficient (Wildman–Crippen LogP) is 5.97. The molecule has 2 aromatic rings. The van der Waals surface area contributed by atoms with Crippen molar-refractivity contribution in [1.82, 2.24) is 24.2 Å². The fourth-order valence-corrected chi connectivity index (χ4v) is 7.28. The van der Waals surface area contributed by atoms with Gasteiger partial charge in [0.15, 0.2) is 5.69 Å². The van der Waals surface area contributed by atoms with Gasteiger partial charge in [-0.25, -0.2) is 4.39 Å². The van der Waals surface area contributed by atoms with Gasteiger partial charge in [0.1, 0.15) is 6.17 Å². The first kappa shape index (κ1) is 29.9. The van der Waals surface area contributed by atoms with E-state index in [4.69, 9.17) is 5.41 Å². The van der Waals surface area contributed by atoms with Crippen LogP contribution in [0.2, 0.25) is 0 Å². The maximum absolute atomic E-state index is 14.2. The van der Waals surface area contributed by atoms with E-state index < -0.39 is 29.9 Å². The molecule has 7 atom stereocenters. The van der Waals surface area contributed by atoms with Gasteiger partial charge >= 0.3 is 6.18 Å². The second-order valence-electron chi connectivity index (χ2n) is 13.3. The number of aromatic nitrogens is 4. The second kappa shape index (κ2) is 11.6. The quantitative estimate of drug-likeness (QED) is 0.377. The summed E-state index contributed by atoms with van der Waals surface area (Å²) >= 11 is 0. The first-order valence-corrected chi connectivity index (χ1v) is 15.2. The molecular weight excluding hydrogens is 536 g/mol. The zero-order valence-electron chi connectivity index (χ0n) is 24.5. The molecule has 0 radical (unpaired) electrons. The van der Waals surface area contributed by atoms with Crippen LogP contribution in [0.3, 0.4) is 0 Å². The molecule has 41 heavy (non-hydrogen) atoms. The highest BCUT2D eigenvalue weighted by atomic mass is 19.4. The Morgan fingerprint density at radius 3 is 2.39 bits per heavy atom. The van der Waals surface area contributed by atoms with E-state index in [-0.39, 0.29) is 41.3 Å². The number of alkyl halides is 4. The molecule has 11 heteroatoms. The van der Waals surface area contributed by atoms with E-state index in [2.05, 4.69) is 10.4 Å². The van der Waals surface area contributed by atoms with Crippen LogP contribution in [-0.4, -0.2) is 37.0 Å². The Labute approximate surface area is 239 Å². The standard InChI is InChI=1S/C30H44F4N6O/c1-17(2)40-16-24(27(37-40)30(32,33)34)22-12-19(15-39-10-9-38(4)29(39)35)13-23(14-22)28(41)36-26(20-5-6-20)21-7-8-25(31)18(3)11-21/h9-10,16-23,25-26,35H,5-8,11-15H2,1-4H3,(H,36,41)/t18?,19?,21?,22?,23?,25?,26-/m0/s1. The molecule has 3 fully saturated rings. The van der Waals surface area contributed by atoms with E-state index in [1.54, 1.807) is 36.2 Å². The largest absolute Gasteiger partial charge is 0.435 e. The van der Waals surface area contributed by atoms with Gasteiger partial charge in [0.2, 0.25) is 11.5 Å². The van der Waals surface area contributed by atoms with Gasteiger partial charge in [-0.15, -0.1) is 0 Å². The molecule has 0 aliphatic heterocycles. The summed E-state index contributed by atoms with van der Waals surface area (Å²) in [5, 5.41) is 15.6. The van der Waals surface area contributed by atoms with Crippen LogP contribution < -0.4 is 10.9 Å². The molecule has 3 saturated carbocycles. The van der Waals surface area contributed by atoms with Crippen molar-refractivity contribution in [2.45, 2.75) is 109 Å². The fraction of sp³-hybridized carbons (Fsp3) is 0.767. The lowest BCUT2D eigenvalue weighted by Gasteiger charge is -2.38. The van der Waals surface area contributed by atoms with Crippen LogP contribution in [0.5, 0.6) is 0 Å². The maximum atomic E-state index is 14.2. The molecular formula is C30H44F4N6O. The van der Waals surface area contributed by atoms with Crippen LogP contribution in [0.25, 0.3) is 0 Å². The second-order valence-corrected chi connectivity index (χ2v) is 13.3. The molecule has 0 aromatic carbocycles.